The Labute approximate surface area is 135 Å². The number of halogens is 2. The molecule has 0 aromatic heterocycles. The number of rotatable bonds is 4. The lowest BCUT2D eigenvalue weighted by Gasteiger charge is -2.35. The van der Waals surface area contributed by atoms with Gasteiger partial charge in [-0.05, 0) is 37.0 Å². The van der Waals surface area contributed by atoms with E-state index in [4.69, 9.17) is 11.6 Å². The Kier molecular flexibility index (Phi) is 4.54. The van der Waals surface area contributed by atoms with Crippen LogP contribution >= 0.6 is 11.6 Å². The normalized spacial score (nSPS) is 23.7. The van der Waals surface area contributed by atoms with Crippen molar-refractivity contribution in [1.29, 1.82) is 0 Å². The molecule has 2 bridgehead atoms. The molecule has 120 valence electrons. The second-order valence-corrected chi connectivity index (χ2v) is 6.58. The molecule has 1 amide bonds. The fraction of sp³-hybridized carbons (Fsp3) is 0.562. The van der Waals surface area contributed by atoms with Crippen LogP contribution in [0.4, 0.5) is 10.1 Å². The number of nitrogens with one attached hydrogen (secondary N) is 2. The molecule has 3 rings (SSSR count). The number of hydrogen-bond acceptors (Lipinski definition) is 3. The quantitative estimate of drug-likeness (QED) is 0.891. The van der Waals surface area contributed by atoms with Crippen molar-refractivity contribution in [2.24, 2.45) is 0 Å². The Morgan fingerprint density at radius 3 is 2.73 bits per heavy atom. The Hall–Kier alpha value is -1.33. The molecule has 6 heteroatoms. The summed E-state index contributed by atoms with van der Waals surface area (Å²) >= 11 is 6.38. The van der Waals surface area contributed by atoms with E-state index in [0.717, 1.165) is 18.8 Å². The second-order valence-electron chi connectivity index (χ2n) is 6.17. The Morgan fingerprint density at radius 2 is 2.09 bits per heavy atom. The van der Waals surface area contributed by atoms with E-state index >= 15 is 0 Å². The monoisotopic (exact) mass is 325 g/mol. The number of benzene rings is 1. The predicted molar refractivity (Wildman–Crippen MR) is 86.0 cm³/mol. The summed E-state index contributed by atoms with van der Waals surface area (Å²) in [6, 6.07) is 4.20. The third-order valence-corrected chi connectivity index (χ3v) is 4.74. The summed E-state index contributed by atoms with van der Waals surface area (Å²) in [6.07, 6.45) is 2.80. The maximum absolute atomic E-state index is 14.3. The number of carbonyl (C=O) groups is 1. The third-order valence-electron chi connectivity index (χ3n) is 4.44. The van der Waals surface area contributed by atoms with Gasteiger partial charge in [0.2, 0.25) is 5.91 Å². The van der Waals surface area contributed by atoms with E-state index < -0.39 is 0 Å². The molecule has 2 atom stereocenters. The fourth-order valence-corrected chi connectivity index (χ4v) is 3.68. The van der Waals surface area contributed by atoms with Crippen LogP contribution in [0.15, 0.2) is 12.1 Å². The molecule has 2 fully saturated rings. The number of carbonyl (C=O) groups excluding carboxylic acids is 1. The van der Waals surface area contributed by atoms with Crippen LogP contribution in [0.3, 0.4) is 0 Å². The Balaban J connectivity index is 1.73. The van der Waals surface area contributed by atoms with Gasteiger partial charge in [0.1, 0.15) is 5.82 Å². The molecule has 2 unspecified atom stereocenters. The number of anilines is 1. The second kappa shape index (κ2) is 6.42. The first-order valence-corrected chi connectivity index (χ1v) is 8.14. The van der Waals surface area contributed by atoms with Crippen LogP contribution in [-0.2, 0) is 11.2 Å². The van der Waals surface area contributed by atoms with Gasteiger partial charge in [-0.1, -0.05) is 11.6 Å². The molecule has 2 aliphatic rings. The summed E-state index contributed by atoms with van der Waals surface area (Å²) in [5.41, 5.74) is 1.32. The van der Waals surface area contributed by atoms with Gasteiger partial charge in [0.15, 0.2) is 0 Å². The summed E-state index contributed by atoms with van der Waals surface area (Å²) in [6.45, 7) is 3.62. The maximum Gasteiger partial charge on any atom is 0.216 e. The molecular weight excluding hydrogens is 305 g/mol. The average molecular weight is 326 g/mol. The van der Waals surface area contributed by atoms with Gasteiger partial charge in [0.05, 0.1) is 10.7 Å². The first-order chi connectivity index (χ1) is 10.5. The average Bonchev–Trinajstić information content (AvgIpc) is 2.80. The van der Waals surface area contributed by atoms with Gasteiger partial charge < -0.3 is 15.5 Å². The van der Waals surface area contributed by atoms with Crippen molar-refractivity contribution in [1.82, 2.24) is 10.6 Å². The minimum Gasteiger partial charge on any atom is -0.367 e. The van der Waals surface area contributed by atoms with Crippen LogP contribution in [-0.4, -0.2) is 37.6 Å². The minimum atomic E-state index is -0.254. The van der Waals surface area contributed by atoms with E-state index in [1.165, 1.54) is 25.8 Å². The SMILES string of the molecule is CC(=O)NCCc1cc(Cl)c(N2CC3CCC(C2)N3)cc1F. The molecule has 1 aromatic carbocycles. The number of piperazine rings is 1. The summed E-state index contributed by atoms with van der Waals surface area (Å²) in [4.78, 5) is 13.1. The molecule has 0 radical (unpaired) electrons. The smallest absolute Gasteiger partial charge is 0.216 e. The molecule has 2 heterocycles. The van der Waals surface area contributed by atoms with Gasteiger partial charge in [-0.15, -0.1) is 0 Å². The minimum absolute atomic E-state index is 0.112. The molecule has 0 spiro atoms. The maximum atomic E-state index is 14.3. The first-order valence-electron chi connectivity index (χ1n) is 7.76. The zero-order chi connectivity index (χ0) is 15.7. The van der Waals surface area contributed by atoms with Crippen LogP contribution in [0.1, 0.15) is 25.3 Å². The molecule has 1 aromatic rings. The first kappa shape index (κ1) is 15.6. The van der Waals surface area contributed by atoms with Crippen molar-refractivity contribution in [2.75, 3.05) is 24.5 Å². The van der Waals surface area contributed by atoms with Crippen molar-refractivity contribution in [2.45, 2.75) is 38.3 Å². The molecular formula is C16H21ClFN3O. The highest BCUT2D eigenvalue weighted by Gasteiger charge is 2.33. The van der Waals surface area contributed by atoms with E-state index in [1.54, 1.807) is 6.07 Å². The number of amides is 1. The number of hydrogen-bond donors (Lipinski definition) is 2. The van der Waals surface area contributed by atoms with Gasteiger partial charge in [0.25, 0.3) is 0 Å². The molecule has 0 saturated carbocycles. The van der Waals surface area contributed by atoms with Crippen molar-refractivity contribution in [3.8, 4) is 0 Å². The van der Waals surface area contributed by atoms with Crippen molar-refractivity contribution in [3.05, 3.63) is 28.5 Å². The topological polar surface area (TPSA) is 44.4 Å². The van der Waals surface area contributed by atoms with Crippen molar-refractivity contribution >= 4 is 23.2 Å². The Bertz CT molecular complexity index is 569. The zero-order valence-corrected chi connectivity index (χ0v) is 13.4. The highest BCUT2D eigenvalue weighted by atomic mass is 35.5. The predicted octanol–water partition coefficient (Wildman–Crippen LogP) is 2.10. The molecule has 2 N–H and O–H groups in total. The van der Waals surface area contributed by atoms with Crippen LogP contribution < -0.4 is 15.5 Å². The van der Waals surface area contributed by atoms with Crippen LogP contribution in [0.5, 0.6) is 0 Å². The van der Waals surface area contributed by atoms with Crippen LogP contribution in [0.2, 0.25) is 5.02 Å². The highest BCUT2D eigenvalue weighted by molar-refractivity contribution is 6.33. The summed E-state index contributed by atoms with van der Waals surface area (Å²) in [5.74, 6) is -0.366. The van der Waals surface area contributed by atoms with Gasteiger partial charge >= 0.3 is 0 Å². The van der Waals surface area contributed by atoms with E-state index in [9.17, 15) is 9.18 Å². The van der Waals surface area contributed by atoms with Crippen molar-refractivity contribution in [3.63, 3.8) is 0 Å². The van der Waals surface area contributed by atoms with Gasteiger partial charge in [0, 0.05) is 38.6 Å². The fourth-order valence-electron chi connectivity index (χ4n) is 3.38. The summed E-state index contributed by atoms with van der Waals surface area (Å²) < 4.78 is 14.3. The third kappa shape index (κ3) is 3.36. The van der Waals surface area contributed by atoms with Crippen LogP contribution in [0, 0.1) is 5.82 Å². The lowest BCUT2D eigenvalue weighted by atomic mass is 10.1. The Morgan fingerprint density at radius 1 is 1.41 bits per heavy atom. The molecule has 2 aliphatic heterocycles. The largest absolute Gasteiger partial charge is 0.367 e. The summed E-state index contributed by atoms with van der Waals surface area (Å²) in [5, 5.41) is 6.81. The zero-order valence-electron chi connectivity index (χ0n) is 12.7. The van der Waals surface area contributed by atoms with E-state index in [0.29, 0.717) is 35.6 Å². The lowest BCUT2D eigenvalue weighted by molar-refractivity contribution is -0.118. The molecule has 22 heavy (non-hydrogen) atoms. The van der Waals surface area contributed by atoms with Gasteiger partial charge in [-0.2, -0.15) is 0 Å². The van der Waals surface area contributed by atoms with Crippen molar-refractivity contribution < 1.29 is 9.18 Å². The van der Waals surface area contributed by atoms with Crippen LogP contribution in [0.25, 0.3) is 0 Å². The number of nitrogens with zero attached hydrogens (tertiary/aromatic N) is 1. The number of fused-ring (bicyclic) bond motifs is 2. The van der Waals surface area contributed by atoms with E-state index in [-0.39, 0.29) is 11.7 Å². The molecule has 4 nitrogen and oxygen atoms in total. The van der Waals surface area contributed by atoms with E-state index in [2.05, 4.69) is 15.5 Å². The standard InChI is InChI=1S/C16H21ClFN3O/c1-10(22)19-5-4-11-6-14(17)16(7-15(11)18)21-8-12-2-3-13(9-21)20-12/h6-7,12-13,20H,2-5,8-9H2,1H3,(H,19,22). The van der Waals surface area contributed by atoms with Gasteiger partial charge in [-0.3, -0.25) is 4.79 Å². The molecule has 2 saturated heterocycles. The lowest BCUT2D eigenvalue weighted by Crippen LogP contribution is -2.51. The van der Waals surface area contributed by atoms with E-state index in [1.807, 2.05) is 0 Å². The summed E-state index contributed by atoms with van der Waals surface area (Å²) in [7, 11) is 0. The highest BCUT2D eigenvalue weighted by Crippen LogP contribution is 2.32. The van der Waals surface area contributed by atoms with Gasteiger partial charge in [-0.25, -0.2) is 4.39 Å². The molecule has 0 aliphatic carbocycles.